The molecule has 2 aromatic carbocycles. The first-order valence-electron chi connectivity index (χ1n) is 9.12. The maximum atomic E-state index is 12.6. The maximum absolute atomic E-state index is 12.6. The van der Waals surface area contributed by atoms with E-state index in [1.807, 2.05) is 53.4 Å². The number of benzene rings is 2. The predicted octanol–water partition coefficient (Wildman–Crippen LogP) is 3.14. The van der Waals surface area contributed by atoms with Gasteiger partial charge in [-0.3, -0.25) is 4.79 Å². The second-order valence-corrected chi connectivity index (χ2v) is 7.66. The van der Waals surface area contributed by atoms with Crippen molar-refractivity contribution in [2.75, 3.05) is 26.2 Å². The van der Waals surface area contributed by atoms with Crippen molar-refractivity contribution < 1.29 is 9.53 Å². The fraction of sp³-hybridized carbons (Fsp3) is 0.381. The maximum Gasteiger partial charge on any atom is 0.227 e. The summed E-state index contributed by atoms with van der Waals surface area (Å²) >= 11 is 6.00. The van der Waals surface area contributed by atoms with Gasteiger partial charge < -0.3 is 15.0 Å². The van der Waals surface area contributed by atoms with Crippen LogP contribution in [0.25, 0.3) is 0 Å². The number of likely N-dealkylation sites (tertiary alicyclic amines) is 1. The van der Waals surface area contributed by atoms with E-state index < -0.39 is 0 Å². The number of fused-ring (bicyclic) bond motifs is 1. The SMILES string of the molecule is O=C(Cc1cccc(OCc2cccc(Cl)c2)c1)N1C[C@H]2CNC[C@H]2C1. The van der Waals surface area contributed by atoms with E-state index in [-0.39, 0.29) is 5.91 Å². The van der Waals surface area contributed by atoms with Crippen LogP contribution in [0.15, 0.2) is 48.5 Å². The van der Waals surface area contributed by atoms with Gasteiger partial charge in [0.2, 0.25) is 5.91 Å². The van der Waals surface area contributed by atoms with Crippen molar-refractivity contribution in [3.63, 3.8) is 0 Å². The van der Waals surface area contributed by atoms with Crippen LogP contribution in [-0.4, -0.2) is 37.0 Å². The molecule has 4 rings (SSSR count). The lowest BCUT2D eigenvalue weighted by Gasteiger charge is -2.17. The molecule has 0 radical (unpaired) electrons. The Labute approximate surface area is 159 Å². The number of nitrogens with zero attached hydrogens (tertiary/aromatic N) is 1. The van der Waals surface area contributed by atoms with Gasteiger partial charge in [0, 0.05) is 31.2 Å². The number of hydrogen-bond donors (Lipinski definition) is 1. The molecule has 5 heteroatoms. The Balaban J connectivity index is 1.34. The Morgan fingerprint density at radius 3 is 2.58 bits per heavy atom. The highest BCUT2D eigenvalue weighted by molar-refractivity contribution is 6.30. The number of carbonyl (C=O) groups excluding carboxylic acids is 1. The van der Waals surface area contributed by atoms with Crippen molar-refractivity contribution in [3.8, 4) is 5.75 Å². The Kier molecular flexibility index (Phi) is 5.14. The van der Waals surface area contributed by atoms with Gasteiger partial charge in [-0.25, -0.2) is 0 Å². The smallest absolute Gasteiger partial charge is 0.227 e. The largest absolute Gasteiger partial charge is 0.489 e. The minimum absolute atomic E-state index is 0.214. The Bertz CT molecular complexity index is 783. The van der Waals surface area contributed by atoms with Gasteiger partial charge in [0.25, 0.3) is 0 Å². The second-order valence-electron chi connectivity index (χ2n) is 7.22. The summed E-state index contributed by atoms with van der Waals surface area (Å²) in [6.45, 7) is 4.33. The molecule has 2 aromatic rings. The van der Waals surface area contributed by atoms with Crippen molar-refractivity contribution in [2.45, 2.75) is 13.0 Å². The zero-order valence-corrected chi connectivity index (χ0v) is 15.4. The van der Waals surface area contributed by atoms with E-state index in [1.165, 1.54) is 0 Å². The molecule has 0 spiro atoms. The Morgan fingerprint density at radius 2 is 1.81 bits per heavy atom. The molecule has 2 heterocycles. The highest BCUT2D eigenvalue weighted by Gasteiger charge is 2.37. The number of rotatable bonds is 5. The van der Waals surface area contributed by atoms with Gasteiger partial charge in [0.05, 0.1) is 6.42 Å². The zero-order valence-electron chi connectivity index (χ0n) is 14.7. The molecule has 2 fully saturated rings. The summed E-state index contributed by atoms with van der Waals surface area (Å²) in [5, 5.41) is 4.11. The molecule has 0 saturated carbocycles. The van der Waals surface area contributed by atoms with Crippen molar-refractivity contribution in [3.05, 3.63) is 64.7 Å². The van der Waals surface area contributed by atoms with Crippen molar-refractivity contribution in [2.24, 2.45) is 11.8 Å². The van der Waals surface area contributed by atoms with Crippen LogP contribution in [0.2, 0.25) is 5.02 Å². The van der Waals surface area contributed by atoms with E-state index >= 15 is 0 Å². The lowest BCUT2D eigenvalue weighted by atomic mass is 10.0. The topological polar surface area (TPSA) is 41.6 Å². The molecule has 0 unspecified atom stereocenters. The number of hydrogen-bond acceptors (Lipinski definition) is 3. The molecule has 2 aliphatic heterocycles. The average Bonchev–Trinajstić information content (AvgIpc) is 3.22. The van der Waals surface area contributed by atoms with E-state index in [1.54, 1.807) is 0 Å². The highest BCUT2D eigenvalue weighted by Crippen LogP contribution is 2.27. The van der Waals surface area contributed by atoms with Crippen LogP contribution in [0.5, 0.6) is 5.75 Å². The summed E-state index contributed by atoms with van der Waals surface area (Å²) in [7, 11) is 0. The summed E-state index contributed by atoms with van der Waals surface area (Å²) in [5.74, 6) is 2.25. The average molecular weight is 371 g/mol. The van der Waals surface area contributed by atoms with Crippen LogP contribution in [0.4, 0.5) is 0 Å². The van der Waals surface area contributed by atoms with Gasteiger partial charge in [-0.1, -0.05) is 35.9 Å². The molecule has 1 N–H and O–H groups in total. The fourth-order valence-electron chi connectivity index (χ4n) is 3.88. The summed E-state index contributed by atoms with van der Waals surface area (Å²) in [4.78, 5) is 14.6. The monoisotopic (exact) mass is 370 g/mol. The third-order valence-electron chi connectivity index (χ3n) is 5.29. The molecule has 26 heavy (non-hydrogen) atoms. The minimum Gasteiger partial charge on any atom is -0.489 e. The van der Waals surface area contributed by atoms with Crippen LogP contribution in [-0.2, 0) is 17.8 Å². The van der Waals surface area contributed by atoms with Gasteiger partial charge in [-0.15, -0.1) is 0 Å². The third-order valence-corrected chi connectivity index (χ3v) is 5.53. The van der Waals surface area contributed by atoms with Gasteiger partial charge >= 0.3 is 0 Å². The lowest BCUT2D eigenvalue weighted by molar-refractivity contribution is -0.129. The molecule has 2 saturated heterocycles. The molecule has 2 atom stereocenters. The molecule has 4 nitrogen and oxygen atoms in total. The molecule has 0 bridgehead atoms. The quantitative estimate of drug-likeness (QED) is 0.879. The van der Waals surface area contributed by atoms with E-state index in [0.29, 0.717) is 29.9 Å². The number of halogens is 1. The summed E-state index contributed by atoms with van der Waals surface area (Å²) < 4.78 is 5.86. The Morgan fingerprint density at radius 1 is 1.08 bits per heavy atom. The summed E-state index contributed by atoms with van der Waals surface area (Å²) in [6.07, 6.45) is 0.432. The van der Waals surface area contributed by atoms with E-state index in [9.17, 15) is 4.79 Å². The first kappa shape index (κ1) is 17.4. The lowest BCUT2D eigenvalue weighted by Crippen LogP contribution is -2.32. The van der Waals surface area contributed by atoms with Crippen LogP contribution < -0.4 is 10.1 Å². The molecular formula is C21H23ClN2O2. The molecular weight excluding hydrogens is 348 g/mol. The van der Waals surface area contributed by atoms with E-state index in [4.69, 9.17) is 16.3 Å². The van der Waals surface area contributed by atoms with Crippen molar-refractivity contribution in [1.29, 1.82) is 0 Å². The van der Waals surface area contributed by atoms with Crippen molar-refractivity contribution >= 4 is 17.5 Å². The second kappa shape index (κ2) is 7.68. The number of carbonyl (C=O) groups is 1. The molecule has 0 aromatic heterocycles. The van der Waals surface area contributed by atoms with Crippen LogP contribution in [0.3, 0.4) is 0 Å². The minimum atomic E-state index is 0.214. The van der Waals surface area contributed by atoms with Crippen LogP contribution in [0, 0.1) is 11.8 Å². The van der Waals surface area contributed by atoms with E-state index in [2.05, 4.69) is 5.32 Å². The normalized spacial score (nSPS) is 21.7. The van der Waals surface area contributed by atoms with Gasteiger partial charge in [-0.2, -0.15) is 0 Å². The number of nitrogens with one attached hydrogen (secondary N) is 1. The standard InChI is InChI=1S/C21H23ClN2O2/c22-19-5-1-4-16(7-19)14-26-20-6-2-3-15(8-20)9-21(25)24-12-17-10-23-11-18(17)13-24/h1-8,17-18,23H,9-14H2/t17-,18+. The number of amides is 1. The van der Waals surface area contributed by atoms with Gasteiger partial charge in [-0.05, 0) is 47.2 Å². The molecule has 2 aliphatic rings. The Hall–Kier alpha value is -2.04. The fourth-order valence-corrected chi connectivity index (χ4v) is 4.10. The van der Waals surface area contributed by atoms with Gasteiger partial charge in [0.15, 0.2) is 0 Å². The molecule has 1 amide bonds. The molecule has 0 aliphatic carbocycles. The molecule has 136 valence electrons. The third kappa shape index (κ3) is 4.02. The first-order valence-corrected chi connectivity index (χ1v) is 9.50. The van der Waals surface area contributed by atoms with Crippen molar-refractivity contribution in [1.82, 2.24) is 10.2 Å². The van der Waals surface area contributed by atoms with Crippen LogP contribution >= 0.6 is 11.6 Å². The number of ether oxygens (including phenoxy) is 1. The first-order chi connectivity index (χ1) is 12.7. The van der Waals surface area contributed by atoms with Gasteiger partial charge in [0.1, 0.15) is 12.4 Å². The summed E-state index contributed by atoms with van der Waals surface area (Å²) in [5.41, 5.74) is 2.02. The van der Waals surface area contributed by atoms with Crippen LogP contribution in [0.1, 0.15) is 11.1 Å². The van der Waals surface area contributed by atoms with E-state index in [0.717, 1.165) is 43.1 Å². The summed E-state index contributed by atoms with van der Waals surface area (Å²) in [6, 6.07) is 15.5. The predicted molar refractivity (Wildman–Crippen MR) is 102 cm³/mol. The highest BCUT2D eigenvalue weighted by atomic mass is 35.5. The zero-order chi connectivity index (χ0) is 17.9.